The van der Waals surface area contributed by atoms with Crippen molar-refractivity contribution in [2.24, 2.45) is 0 Å². The number of amides is 3. The van der Waals surface area contributed by atoms with Crippen LogP contribution in [0.15, 0.2) is 36.4 Å². The van der Waals surface area contributed by atoms with Crippen LogP contribution in [0, 0.1) is 30.9 Å². The van der Waals surface area contributed by atoms with Gasteiger partial charge in [-0.15, -0.1) is 0 Å². The van der Waals surface area contributed by atoms with E-state index >= 15 is 0 Å². The van der Waals surface area contributed by atoms with Crippen LogP contribution in [0.3, 0.4) is 0 Å². The van der Waals surface area contributed by atoms with Gasteiger partial charge in [-0.05, 0) is 49.6 Å². The van der Waals surface area contributed by atoms with Crippen LogP contribution in [-0.2, 0) is 4.79 Å². The van der Waals surface area contributed by atoms with Crippen molar-refractivity contribution in [3.05, 3.63) is 63.2 Å². The third-order valence-corrected chi connectivity index (χ3v) is 4.94. The summed E-state index contributed by atoms with van der Waals surface area (Å²) in [4.78, 5) is 36.8. The molecule has 8 nitrogen and oxygen atoms in total. The second-order valence-electron chi connectivity index (χ2n) is 7.03. The van der Waals surface area contributed by atoms with Gasteiger partial charge in [0.2, 0.25) is 5.91 Å². The average Bonchev–Trinajstić information content (AvgIpc) is 2.99. The van der Waals surface area contributed by atoms with Crippen molar-refractivity contribution in [1.29, 1.82) is 0 Å². The number of urea groups is 1. The predicted octanol–water partition coefficient (Wildman–Crippen LogP) is 3.45. The lowest BCUT2D eigenvalue weighted by atomic mass is 10.1. The smallest absolute Gasteiger partial charge is 0.319 e. The molecule has 1 saturated heterocycles. The van der Waals surface area contributed by atoms with Gasteiger partial charge < -0.3 is 15.5 Å². The second kappa shape index (κ2) is 7.67. The fraction of sp³-hybridized carbons (Fsp3) is 0.300. The van der Waals surface area contributed by atoms with Gasteiger partial charge in [0.1, 0.15) is 0 Å². The second-order valence-corrected chi connectivity index (χ2v) is 7.03. The van der Waals surface area contributed by atoms with Crippen molar-refractivity contribution in [2.45, 2.75) is 33.2 Å². The maximum Gasteiger partial charge on any atom is 0.319 e. The van der Waals surface area contributed by atoms with Crippen molar-refractivity contribution in [3.63, 3.8) is 0 Å². The highest BCUT2D eigenvalue weighted by atomic mass is 16.6. The Morgan fingerprint density at radius 1 is 1.11 bits per heavy atom. The molecule has 3 rings (SSSR count). The molecule has 0 radical (unpaired) electrons. The molecule has 2 N–H and O–H groups in total. The molecular formula is C20H22N4O4. The average molecular weight is 382 g/mol. The lowest BCUT2D eigenvalue weighted by Crippen LogP contribution is -2.39. The van der Waals surface area contributed by atoms with E-state index in [1.807, 2.05) is 32.0 Å². The van der Waals surface area contributed by atoms with E-state index < -0.39 is 11.0 Å². The quantitative estimate of drug-likeness (QED) is 0.624. The fourth-order valence-corrected chi connectivity index (χ4v) is 3.15. The zero-order valence-corrected chi connectivity index (χ0v) is 16.0. The number of hydrogen-bond donors (Lipinski definition) is 2. The molecule has 8 heteroatoms. The molecule has 1 unspecified atom stereocenters. The lowest BCUT2D eigenvalue weighted by molar-refractivity contribution is -0.384. The Labute approximate surface area is 162 Å². The van der Waals surface area contributed by atoms with E-state index in [-0.39, 0.29) is 24.1 Å². The number of aryl methyl sites for hydroxylation is 3. The van der Waals surface area contributed by atoms with E-state index in [0.29, 0.717) is 17.8 Å². The van der Waals surface area contributed by atoms with E-state index in [4.69, 9.17) is 0 Å². The number of carbonyl (C=O) groups excluding carboxylic acids is 2. The van der Waals surface area contributed by atoms with E-state index in [1.165, 1.54) is 12.1 Å². The number of anilines is 2. The third-order valence-electron chi connectivity index (χ3n) is 4.94. The monoisotopic (exact) mass is 382 g/mol. The minimum absolute atomic E-state index is 0.0555. The highest BCUT2D eigenvalue weighted by Crippen LogP contribution is 2.25. The van der Waals surface area contributed by atoms with Crippen molar-refractivity contribution in [3.8, 4) is 0 Å². The molecule has 3 amide bonds. The first-order valence-corrected chi connectivity index (χ1v) is 8.95. The Balaban J connectivity index is 1.65. The van der Waals surface area contributed by atoms with Crippen LogP contribution in [-0.4, -0.2) is 29.4 Å². The summed E-state index contributed by atoms with van der Waals surface area (Å²) in [5.74, 6) is -0.0555. The maximum absolute atomic E-state index is 12.4. The molecule has 1 fully saturated rings. The number of nitro benzene ring substituents is 1. The molecular weight excluding hydrogens is 360 g/mol. The topological polar surface area (TPSA) is 105 Å². The number of nitrogens with zero attached hydrogens (tertiary/aromatic N) is 2. The van der Waals surface area contributed by atoms with E-state index in [0.717, 1.165) is 16.8 Å². The molecule has 1 atom stereocenters. The Kier molecular flexibility index (Phi) is 5.30. The summed E-state index contributed by atoms with van der Waals surface area (Å²) in [5.41, 5.74) is 4.03. The molecule has 2 aromatic carbocycles. The molecule has 0 bridgehead atoms. The number of non-ortho nitro benzene ring substituents is 1. The number of hydrogen-bond acceptors (Lipinski definition) is 4. The molecule has 1 aliphatic rings. The van der Waals surface area contributed by atoms with Crippen LogP contribution in [0.4, 0.5) is 21.9 Å². The van der Waals surface area contributed by atoms with Gasteiger partial charge >= 0.3 is 6.03 Å². The summed E-state index contributed by atoms with van der Waals surface area (Å²) in [6.45, 7) is 6.13. The summed E-state index contributed by atoms with van der Waals surface area (Å²) in [7, 11) is 0. The molecule has 0 spiro atoms. The summed E-state index contributed by atoms with van der Waals surface area (Å²) in [5, 5.41) is 16.3. The molecule has 28 heavy (non-hydrogen) atoms. The molecule has 0 aliphatic carbocycles. The van der Waals surface area contributed by atoms with Gasteiger partial charge in [0.25, 0.3) is 5.69 Å². The van der Waals surface area contributed by atoms with Gasteiger partial charge in [0.05, 0.1) is 16.7 Å². The minimum Gasteiger partial charge on any atom is -0.333 e. The largest absolute Gasteiger partial charge is 0.333 e. The summed E-state index contributed by atoms with van der Waals surface area (Å²) >= 11 is 0. The van der Waals surface area contributed by atoms with Crippen molar-refractivity contribution >= 4 is 29.0 Å². The molecule has 1 heterocycles. The van der Waals surface area contributed by atoms with Crippen molar-refractivity contribution in [2.75, 3.05) is 16.8 Å². The minimum atomic E-state index is -0.514. The van der Waals surface area contributed by atoms with Crippen LogP contribution in [0.5, 0.6) is 0 Å². The third kappa shape index (κ3) is 4.11. The Bertz CT molecular complexity index is 957. The van der Waals surface area contributed by atoms with Gasteiger partial charge in [-0.25, -0.2) is 4.79 Å². The van der Waals surface area contributed by atoms with Gasteiger partial charge in [-0.3, -0.25) is 14.9 Å². The molecule has 2 aromatic rings. The maximum atomic E-state index is 12.4. The fourth-order valence-electron chi connectivity index (χ4n) is 3.15. The molecule has 0 aromatic heterocycles. The van der Waals surface area contributed by atoms with Crippen LogP contribution in [0.25, 0.3) is 0 Å². The van der Waals surface area contributed by atoms with Crippen molar-refractivity contribution < 1.29 is 14.5 Å². The number of carbonyl (C=O) groups is 2. The van der Waals surface area contributed by atoms with Crippen LogP contribution < -0.4 is 15.5 Å². The predicted molar refractivity (Wildman–Crippen MR) is 107 cm³/mol. The standard InChI is InChI=1S/C20H22N4O4/c1-12-4-6-16(8-14(12)3)23-11-15(9-19(23)25)21-20(26)22-18-10-17(24(27)28)7-5-13(18)2/h4-8,10,15H,9,11H2,1-3H3,(H2,21,22,26). The SMILES string of the molecule is Cc1ccc(N2CC(NC(=O)Nc3cc([N+](=O)[O-])ccc3C)CC2=O)cc1C. The van der Waals surface area contributed by atoms with Crippen LogP contribution in [0.1, 0.15) is 23.1 Å². The Morgan fingerprint density at radius 3 is 2.50 bits per heavy atom. The van der Waals surface area contributed by atoms with Gasteiger partial charge in [0.15, 0.2) is 0 Å². The van der Waals surface area contributed by atoms with E-state index in [9.17, 15) is 19.7 Å². The normalized spacial score (nSPS) is 16.2. The first kappa shape index (κ1) is 19.3. The lowest BCUT2D eigenvalue weighted by Gasteiger charge is -2.18. The first-order chi connectivity index (χ1) is 13.2. The first-order valence-electron chi connectivity index (χ1n) is 8.95. The van der Waals surface area contributed by atoms with E-state index in [1.54, 1.807) is 17.9 Å². The van der Waals surface area contributed by atoms with Gasteiger partial charge in [-0.2, -0.15) is 0 Å². The number of nitro groups is 1. The zero-order valence-electron chi connectivity index (χ0n) is 16.0. The van der Waals surface area contributed by atoms with Gasteiger partial charge in [-0.1, -0.05) is 12.1 Å². The Morgan fingerprint density at radius 2 is 1.82 bits per heavy atom. The molecule has 146 valence electrons. The summed E-state index contributed by atoms with van der Waals surface area (Å²) < 4.78 is 0. The van der Waals surface area contributed by atoms with Crippen molar-refractivity contribution in [1.82, 2.24) is 5.32 Å². The number of nitrogens with one attached hydrogen (secondary N) is 2. The highest BCUT2D eigenvalue weighted by Gasteiger charge is 2.31. The highest BCUT2D eigenvalue weighted by molar-refractivity contribution is 5.98. The van der Waals surface area contributed by atoms with Gasteiger partial charge in [0, 0.05) is 30.8 Å². The zero-order chi connectivity index (χ0) is 20.4. The molecule has 0 saturated carbocycles. The molecule has 1 aliphatic heterocycles. The van der Waals surface area contributed by atoms with Crippen LogP contribution in [0.2, 0.25) is 0 Å². The number of rotatable bonds is 4. The summed E-state index contributed by atoms with van der Waals surface area (Å²) in [6, 6.07) is 9.27. The number of benzene rings is 2. The summed E-state index contributed by atoms with van der Waals surface area (Å²) in [6.07, 6.45) is 0.203. The van der Waals surface area contributed by atoms with Crippen LogP contribution >= 0.6 is 0 Å². The Hall–Kier alpha value is -3.42. The van der Waals surface area contributed by atoms with E-state index in [2.05, 4.69) is 10.6 Å².